The van der Waals surface area contributed by atoms with Crippen LogP contribution in [0.5, 0.6) is 0 Å². The molecule has 0 atom stereocenters. The Morgan fingerprint density at radius 1 is 1.31 bits per heavy atom. The van der Waals surface area contributed by atoms with Gasteiger partial charge in [0, 0.05) is 37.8 Å². The zero-order chi connectivity index (χ0) is 24.7. The highest BCUT2D eigenvalue weighted by atomic mass is 16.3. The van der Waals surface area contributed by atoms with Crippen LogP contribution in [0, 0.1) is 0 Å². The van der Waals surface area contributed by atoms with Gasteiger partial charge in [-0.05, 0) is 44.2 Å². The summed E-state index contributed by atoms with van der Waals surface area (Å²) in [6, 6.07) is 2.32. The molecule has 1 aliphatic carbocycles. The average Bonchev–Trinajstić information content (AvgIpc) is 3.22. The molecule has 0 radical (unpaired) electrons. The number of amides is 1. The predicted octanol–water partition coefficient (Wildman–Crippen LogP) is 2.97. The molecule has 35 heavy (non-hydrogen) atoms. The van der Waals surface area contributed by atoms with Crippen LogP contribution >= 0.6 is 0 Å². The summed E-state index contributed by atoms with van der Waals surface area (Å²) in [5.74, 6) is -0.178. The quantitative estimate of drug-likeness (QED) is 0.376. The first-order valence-electron chi connectivity index (χ1n) is 12.2. The van der Waals surface area contributed by atoms with E-state index in [9.17, 15) is 9.90 Å². The molecule has 5 rings (SSSR count). The minimum Gasteiger partial charge on any atom is -0.380 e. The monoisotopic (exact) mass is 476 g/mol. The molecule has 1 amide bonds. The van der Waals surface area contributed by atoms with Gasteiger partial charge in [-0.25, -0.2) is 9.50 Å². The molecule has 0 spiro atoms. The smallest absolute Gasteiger partial charge is 0.254 e. The third kappa shape index (κ3) is 4.22. The molecule has 2 aliphatic rings. The number of likely N-dealkylation sites (tertiary alicyclic amines) is 1. The third-order valence-corrected chi connectivity index (χ3v) is 7.12. The van der Waals surface area contributed by atoms with Gasteiger partial charge in [-0.2, -0.15) is 15.3 Å². The molecule has 0 unspecified atom stereocenters. The summed E-state index contributed by atoms with van der Waals surface area (Å²) < 4.78 is 3.85. The van der Waals surface area contributed by atoms with Crippen LogP contribution in [0.1, 0.15) is 58.2 Å². The van der Waals surface area contributed by atoms with E-state index >= 15 is 0 Å². The van der Waals surface area contributed by atoms with Gasteiger partial charge in [0.05, 0.1) is 47.6 Å². The summed E-state index contributed by atoms with van der Waals surface area (Å²) >= 11 is 0. The first kappa shape index (κ1) is 23.2. The Balaban J connectivity index is 1.39. The molecule has 4 heterocycles. The van der Waals surface area contributed by atoms with Gasteiger partial charge >= 0.3 is 0 Å². The number of carbonyl (C=O) groups is 1. The number of allylic oxidation sites excluding steroid dienone is 1. The normalized spacial score (nSPS) is 17.6. The minimum atomic E-state index is -1.13. The highest BCUT2D eigenvalue weighted by Gasteiger charge is 2.52. The Hall–Kier alpha value is -3.53. The van der Waals surface area contributed by atoms with Crippen molar-refractivity contribution in [2.75, 3.05) is 13.1 Å². The summed E-state index contributed by atoms with van der Waals surface area (Å²) in [6.45, 7) is 11.0. The molecule has 184 valence electrons. The Bertz CT molecular complexity index is 1280. The summed E-state index contributed by atoms with van der Waals surface area (Å²) in [5, 5.41) is 25.1. The Kier molecular flexibility index (Phi) is 5.92. The van der Waals surface area contributed by atoms with Crippen LogP contribution < -0.4 is 0 Å². The molecule has 0 aromatic carbocycles. The average molecular weight is 477 g/mol. The lowest BCUT2D eigenvalue weighted by Crippen LogP contribution is -2.61. The number of aromatic nitrogens is 5. The van der Waals surface area contributed by atoms with Crippen molar-refractivity contribution < 1.29 is 9.90 Å². The molecule has 0 bridgehead atoms. The fraction of sp³-hybridized carbons (Fsp3) is 0.480. The molecule has 1 saturated heterocycles. The number of aliphatic hydroxyl groups is 1. The highest BCUT2D eigenvalue weighted by Crippen LogP contribution is 2.38. The second-order valence-electron chi connectivity index (χ2n) is 9.54. The van der Waals surface area contributed by atoms with Gasteiger partial charge in [0.15, 0.2) is 0 Å². The molecule has 1 N–H and O–H groups in total. The van der Waals surface area contributed by atoms with E-state index in [0.717, 1.165) is 40.9 Å². The van der Waals surface area contributed by atoms with Gasteiger partial charge in [-0.3, -0.25) is 14.5 Å². The van der Waals surface area contributed by atoms with Crippen LogP contribution in [-0.4, -0.2) is 76.8 Å². The number of fused-ring (bicyclic) bond motifs is 1. The van der Waals surface area contributed by atoms with Crippen molar-refractivity contribution in [3.63, 3.8) is 0 Å². The lowest BCUT2D eigenvalue weighted by atomic mass is 10.1. The SMILES string of the molecule is C=NN(/C=C(\C)c1cn2nccc2c(-c2cnn(C(CC)CC)c2)n1)C1CN(C(=O)C2(O)CC2)C1. The Labute approximate surface area is 204 Å². The van der Waals surface area contributed by atoms with E-state index in [2.05, 4.69) is 42.1 Å². The number of hydrogen-bond donors (Lipinski definition) is 1. The van der Waals surface area contributed by atoms with Crippen LogP contribution in [-0.2, 0) is 4.79 Å². The molecule has 10 nitrogen and oxygen atoms in total. The predicted molar refractivity (Wildman–Crippen MR) is 133 cm³/mol. The van der Waals surface area contributed by atoms with Gasteiger partial charge in [-0.1, -0.05) is 13.8 Å². The maximum Gasteiger partial charge on any atom is 0.254 e. The Morgan fingerprint density at radius 2 is 2.06 bits per heavy atom. The molecule has 1 saturated carbocycles. The summed E-state index contributed by atoms with van der Waals surface area (Å²) in [7, 11) is 0. The fourth-order valence-electron chi connectivity index (χ4n) is 4.59. The summed E-state index contributed by atoms with van der Waals surface area (Å²) in [4.78, 5) is 19.0. The van der Waals surface area contributed by atoms with Crippen LogP contribution in [0.15, 0.2) is 42.2 Å². The van der Waals surface area contributed by atoms with E-state index in [-0.39, 0.29) is 11.9 Å². The summed E-state index contributed by atoms with van der Waals surface area (Å²) in [6.07, 6.45) is 12.6. The van der Waals surface area contributed by atoms with Crippen molar-refractivity contribution in [2.24, 2.45) is 5.10 Å². The van der Waals surface area contributed by atoms with Crippen molar-refractivity contribution in [1.82, 2.24) is 34.3 Å². The van der Waals surface area contributed by atoms with E-state index in [1.165, 1.54) is 0 Å². The number of carbonyl (C=O) groups excluding carboxylic acids is 1. The van der Waals surface area contributed by atoms with Gasteiger partial charge < -0.3 is 10.0 Å². The molecule has 2 fully saturated rings. The third-order valence-electron chi connectivity index (χ3n) is 7.12. The van der Waals surface area contributed by atoms with Gasteiger partial charge in [0.1, 0.15) is 5.60 Å². The zero-order valence-electron chi connectivity index (χ0n) is 20.5. The van der Waals surface area contributed by atoms with Crippen molar-refractivity contribution in [2.45, 2.75) is 64.1 Å². The summed E-state index contributed by atoms with van der Waals surface area (Å²) in [5.41, 5.74) is 3.21. The lowest BCUT2D eigenvalue weighted by Gasteiger charge is -2.43. The second kappa shape index (κ2) is 8.92. The van der Waals surface area contributed by atoms with Crippen LogP contribution in [0.2, 0.25) is 0 Å². The number of hydrazone groups is 1. The second-order valence-corrected chi connectivity index (χ2v) is 9.54. The van der Waals surface area contributed by atoms with Crippen LogP contribution in [0.25, 0.3) is 22.3 Å². The molecule has 1 aliphatic heterocycles. The van der Waals surface area contributed by atoms with Gasteiger partial charge in [0.25, 0.3) is 5.91 Å². The van der Waals surface area contributed by atoms with E-state index in [1.54, 1.807) is 16.1 Å². The van der Waals surface area contributed by atoms with Crippen molar-refractivity contribution >= 4 is 23.7 Å². The fourth-order valence-corrected chi connectivity index (χ4v) is 4.59. The molecule has 10 heteroatoms. The first-order chi connectivity index (χ1) is 16.9. The number of rotatable bonds is 9. The van der Waals surface area contributed by atoms with E-state index < -0.39 is 5.60 Å². The Morgan fingerprint density at radius 3 is 2.71 bits per heavy atom. The van der Waals surface area contributed by atoms with E-state index in [4.69, 9.17) is 4.98 Å². The maximum atomic E-state index is 12.3. The van der Waals surface area contributed by atoms with Crippen molar-refractivity contribution in [3.8, 4) is 11.3 Å². The zero-order valence-corrected chi connectivity index (χ0v) is 20.5. The molecular weight excluding hydrogens is 444 g/mol. The highest BCUT2D eigenvalue weighted by molar-refractivity contribution is 5.88. The topological polar surface area (TPSA) is 104 Å². The maximum absolute atomic E-state index is 12.3. The molecule has 3 aromatic heterocycles. The lowest BCUT2D eigenvalue weighted by molar-refractivity contribution is -0.149. The van der Waals surface area contributed by atoms with E-state index in [0.29, 0.717) is 32.0 Å². The number of nitrogens with zero attached hydrogens (tertiary/aromatic N) is 8. The van der Waals surface area contributed by atoms with Crippen LogP contribution in [0.4, 0.5) is 0 Å². The van der Waals surface area contributed by atoms with E-state index in [1.807, 2.05) is 40.8 Å². The van der Waals surface area contributed by atoms with Gasteiger partial charge in [-0.15, -0.1) is 0 Å². The van der Waals surface area contributed by atoms with Crippen molar-refractivity contribution in [1.29, 1.82) is 0 Å². The first-order valence-corrected chi connectivity index (χ1v) is 12.2. The van der Waals surface area contributed by atoms with Crippen molar-refractivity contribution in [3.05, 3.63) is 42.7 Å². The molecular formula is C25H32N8O2. The minimum absolute atomic E-state index is 0.0138. The van der Waals surface area contributed by atoms with Crippen LogP contribution in [0.3, 0.4) is 0 Å². The standard InChI is InChI=1S/C25H32N8O2/c1-5-19(6-2)32-13-18(11-28-32)23-22-7-10-27-33(22)16-21(29-23)17(3)12-31(26-4)20-14-30(15-20)24(34)25(35)8-9-25/h7,10-13,16,19-20,35H,4-6,8-9,14-15H2,1-3H3/b17-12+. The largest absolute Gasteiger partial charge is 0.380 e. The van der Waals surface area contributed by atoms with Gasteiger partial charge in [0.2, 0.25) is 0 Å². The molecule has 3 aromatic rings. The number of hydrogen-bond acceptors (Lipinski definition) is 7.